The zero-order chi connectivity index (χ0) is 14.1. The lowest BCUT2D eigenvalue weighted by molar-refractivity contribution is -0.195. The number of nitrogens with two attached hydrogens (primary N) is 1. The van der Waals surface area contributed by atoms with Crippen LogP contribution in [0.2, 0.25) is 0 Å². The van der Waals surface area contributed by atoms with E-state index < -0.39 is 36.9 Å². The molecule has 0 saturated carbocycles. The van der Waals surface area contributed by atoms with E-state index in [0.29, 0.717) is 0 Å². The number of rotatable bonds is 3. The van der Waals surface area contributed by atoms with Crippen LogP contribution in [-0.2, 0) is 0 Å². The number of hydrogen-bond donors (Lipinski definition) is 1. The lowest BCUT2D eigenvalue weighted by Crippen LogP contribution is -2.55. The van der Waals surface area contributed by atoms with Gasteiger partial charge in [0.2, 0.25) is 0 Å². The standard InChI is InChI=1S/C10H16F6N2/c1-2-7(17)8(10(14,15)16)18-4-3-6(5-18)9(11,12)13/h6-8H,2-5,17H2,1H3. The molecule has 1 aliphatic heterocycles. The van der Waals surface area contributed by atoms with Gasteiger partial charge in [0.05, 0.1) is 5.92 Å². The molecule has 0 aliphatic carbocycles. The Hall–Kier alpha value is -0.500. The molecular weight excluding hydrogens is 262 g/mol. The third kappa shape index (κ3) is 3.50. The van der Waals surface area contributed by atoms with Crippen molar-refractivity contribution in [2.24, 2.45) is 11.7 Å². The first kappa shape index (κ1) is 15.6. The van der Waals surface area contributed by atoms with Gasteiger partial charge < -0.3 is 5.73 Å². The van der Waals surface area contributed by atoms with Crippen LogP contribution in [0, 0.1) is 5.92 Å². The maximum atomic E-state index is 12.8. The Morgan fingerprint density at radius 1 is 1.22 bits per heavy atom. The molecular formula is C10H16F6N2. The molecule has 0 spiro atoms. The summed E-state index contributed by atoms with van der Waals surface area (Å²) < 4.78 is 75.8. The molecule has 0 radical (unpaired) electrons. The van der Waals surface area contributed by atoms with Gasteiger partial charge in [-0.3, -0.25) is 4.90 Å². The van der Waals surface area contributed by atoms with Gasteiger partial charge in [-0.15, -0.1) is 0 Å². The molecule has 108 valence electrons. The minimum Gasteiger partial charge on any atom is -0.326 e. The number of hydrogen-bond acceptors (Lipinski definition) is 2. The molecule has 1 aliphatic rings. The van der Waals surface area contributed by atoms with Gasteiger partial charge in [0.25, 0.3) is 0 Å². The lowest BCUT2D eigenvalue weighted by atomic mass is 10.0. The first-order valence-corrected chi connectivity index (χ1v) is 5.70. The van der Waals surface area contributed by atoms with Gasteiger partial charge in [-0.05, 0) is 19.4 Å². The van der Waals surface area contributed by atoms with Crippen molar-refractivity contribution >= 4 is 0 Å². The highest BCUT2D eigenvalue weighted by Crippen LogP contribution is 2.37. The number of alkyl halides is 6. The molecule has 1 saturated heterocycles. The van der Waals surface area contributed by atoms with Crippen molar-refractivity contribution in [2.75, 3.05) is 13.1 Å². The minimum absolute atomic E-state index is 0.0668. The van der Waals surface area contributed by atoms with E-state index in [0.717, 1.165) is 4.90 Å². The Labute approximate surface area is 101 Å². The Morgan fingerprint density at radius 2 is 1.78 bits per heavy atom. The van der Waals surface area contributed by atoms with Crippen molar-refractivity contribution in [1.29, 1.82) is 0 Å². The quantitative estimate of drug-likeness (QED) is 0.804. The molecule has 0 aromatic heterocycles. The van der Waals surface area contributed by atoms with Crippen LogP contribution >= 0.6 is 0 Å². The van der Waals surface area contributed by atoms with Crippen molar-refractivity contribution < 1.29 is 26.3 Å². The monoisotopic (exact) mass is 278 g/mol. The van der Waals surface area contributed by atoms with Crippen LogP contribution in [0.25, 0.3) is 0 Å². The van der Waals surface area contributed by atoms with Crippen LogP contribution in [0.4, 0.5) is 26.3 Å². The molecule has 8 heteroatoms. The summed E-state index contributed by atoms with van der Waals surface area (Å²) in [4.78, 5) is 0.812. The molecule has 1 fully saturated rings. The molecule has 3 unspecified atom stereocenters. The summed E-state index contributed by atoms with van der Waals surface area (Å²) in [5.41, 5.74) is 5.39. The van der Waals surface area contributed by atoms with Crippen molar-refractivity contribution in [2.45, 2.75) is 44.2 Å². The van der Waals surface area contributed by atoms with Crippen molar-refractivity contribution in [1.82, 2.24) is 4.90 Å². The van der Waals surface area contributed by atoms with E-state index >= 15 is 0 Å². The van der Waals surface area contributed by atoms with Crippen LogP contribution in [0.1, 0.15) is 19.8 Å². The van der Waals surface area contributed by atoms with Crippen LogP contribution in [0.3, 0.4) is 0 Å². The van der Waals surface area contributed by atoms with Crippen LogP contribution in [-0.4, -0.2) is 42.4 Å². The predicted octanol–water partition coefficient (Wildman–Crippen LogP) is 2.54. The minimum atomic E-state index is -4.60. The van der Waals surface area contributed by atoms with E-state index in [1.807, 2.05) is 0 Å². The van der Waals surface area contributed by atoms with E-state index in [9.17, 15) is 26.3 Å². The molecule has 0 amide bonds. The maximum absolute atomic E-state index is 12.8. The van der Waals surface area contributed by atoms with E-state index in [-0.39, 0.29) is 19.4 Å². The normalized spacial score (nSPS) is 26.3. The highest BCUT2D eigenvalue weighted by molar-refractivity contribution is 4.92. The molecule has 1 rings (SSSR count). The summed E-state index contributed by atoms with van der Waals surface area (Å²) in [5.74, 6) is -1.69. The fraction of sp³-hybridized carbons (Fsp3) is 1.00. The fourth-order valence-electron chi connectivity index (χ4n) is 2.25. The largest absolute Gasteiger partial charge is 0.405 e. The molecule has 2 nitrogen and oxygen atoms in total. The molecule has 3 atom stereocenters. The highest BCUT2D eigenvalue weighted by Gasteiger charge is 2.52. The second kappa shape index (κ2) is 5.24. The lowest BCUT2D eigenvalue weighted by Gasteiger charge is -2.33. The highest BCUT2D eigenvalue weighted by atomic mass is 19.4. The van der Waals surface area contributed by atoms with Gasteiger partial charge in [-0.1, -0.05) is 6.92 Å². The Morgan fingerprint density at radius 3 is 2.11 bits per heavy atom. The molecule has 1 heterocycles. The van der Waals surface area contributed by atoms with Crippen molar-refractivity contribution in [3.63, 3.8) is 0 Å². The van der Waals surface area contributed by atoms with Gasteiger partial charge in [0, 0.05) is 12.6 Å². The number of likely N-dealkylation sites (tertiary alicyclic amines) is 1. The Kier molecular flexibility index (Phi) is 4.53. The predicted molar refractivity (Wildman–Crippen MR) is 53.8 cm³/mol. The van der Waals surface area contributed by atoms with E-state index in [2.05, 4.69) is 0 Å². The molecule has 0 aromatic rings. The van der Waals surface area contributed by atoms with Crippen LogP contribution in [0.15, 0.2) is 0 Å². The summed E-state index contributed by atoms with van der Waals surface area (Å²) >= 11 is 0. The van der Waals surface area contributed by atoms with E-state index in [1.54, 1.807) is 0 Å². The Bertz CT molecular complexity index is 275. The molecule has 0 bridgehead atoms. The summed E-state index contributed by atoms with van der Waals surface area (Å²) in [6, 6.07) is -3.19. The van der Waals surface area contributed by atoms with Crippen LogP contribution in [0.5, 0.6) is 0 Å². The number of halogens is 6. The molecule has 0 aromatic carbocycles. The third-order valence-electron chi connectivity index (χ3n) is 3.29. The molecule has 18 heavy (non-hydrogen) atoms. The van der Waals surface area contributed by atoms with Gasteiger partial charge >= 0.3 is 12.4 Å². The first-order valence-electron chi connectivity index (χ1n) is 5.70. The van der Waals surface area contributed by atoms with Gasteiger partial charge in [-0.25, -0.2) is 0 Å². The van der Waals surface area contributed by atoms with Gasteiger partial charge in [-0.2, -0.15) is 26.3 Å². The van der Waals surface area contributed by atoms with Crippen molar-refractivity contribution in [3.05, 3.63) is 0 Å². The average Bonchev–Trinajstić information content (AvgIpc) is 2.63. The fourth-order valence-corrected chi connectivity index (χ4v) is 2.25. The smallest absolute Gasteiger partial charge is 0.326 e. The third-order valence-corrected chi connectivity index (χ3v) is 3.29. The SMILES string of the molecule is CCC(N)C(N1CCC(C(F)(F)F)C1)C(F)(F)F. The average molecular weight is 278 g/mol. The Balaban J connectivity index is 2.79. The van der Waals surface area contributed by atoms with Gasteiger partial charge in [0.1, 0.15) is 6.04 Å². The van der Waals surface area contributed by atoms with Crippen molar-refractivity contribution in [3.8, 4) is 0 Å². The number of nitrogens with zero attached hydrogens (tertiary/aromatic N) is 1. The summed E-state index contributed by atoms with van der Waals surface area (Å²) in [6.45, 7) is 0.643. The van der Waals surface area contributed by atoms with Gasteiger partial charge in [0.15, 0.2) is 0 Å². The van der Waals surface area contributed by atoms with Crippen LogP contribution < -0.4 is 5.73 Å². The zero-order valence-electron chi connectivity index (χ0n) is 9.85. The maximum Gasteiger partial charge on any atom is 0.405 e. The topological polar surface area (TPSA) is 29.3 Å². The first-order chi connectivity index (χ1) is 8.07. The second-order valence-electron chi connectivity index (χ2n) is 4.58. The zero-order valence-corrected chi connectivity index (χ0v) is 9.85. The van der Waals surface area contributed by atoms with E-state index in [1.165, 1.54) is 6.92 Å². The summed E-state index contributed by atoms with van der Waals surface area (Å²) in [7, 11) is 0. The summed E-state index contributed by atoms with van der Waals surface area (Å²) in [5, 5.41) is 0. The summed E-state index contributed by atoms with van der Waals surface area (Å²) in [6.07, 6.45) is -9.28. The van der Waals surface area contributed by atoms with E-state index in [4.69, 9.17) is 5.73 Å². The molecule has 2 N–H and O–H groups in total. The second-order valence-corrected chi connectivity index (χ2v) is 4.58.